The highest BCUT2D eigenvalue weighted by Gasteiger charge is 2.31. The number of halogens is 1. The van der Waals surface area contributed by atoms with E-state index in [1.165, 1.54) is 17.7 Å². The van der Waals surface area contributed by atoms with Crippen LogP contribution in [-0.4, -0.2) is 12.1 Å². The van der Waals surface area contributed by atoms with Gasteiger partial charge >= 0.3 is 5.97 Å². The Morgan fingerprint density at radius 1 is 1.00 bits per heavy atom. The smallest absolute Gasteiger partial charge is 0.309 e. The van der Waals surface area contributed by atoms with E-state index in [0.29, 0.717) is 11.5 Å². The molecule has 3 rings (SSSR count). The average molecular weight is 380 g/mol. The predicted molar refractivity (Wildman–Crippen MR) is 102 cm³/mol. The maximum Gasteiger partial charge on any atom is 0.309 e. The second kappa shape index (κ2) is 9.51. The Morgan fingerprint density at radius 2 is 1.64 bits per heavy atom. The molecular formula is C23H25FN2O2. The zero-order chi connectivity index (χ0) is 19.9. The molecule has 0 heterocycles. The van der Waals surface area contributed by atoms with Gasteiger partial charge in [0.2, 0.25) is 0 Å². The minimum absolute atomic E-state index is 0.0386. The van der Waals surface area contributed by atoms with E-state index in [2.05, 4.69) is 6.07 Å². The lowest BCUT2D eigenvalue weighted by Crippen LogP contribution is -2.29. The molecule has 2 fully saturated rings. The molecular weight excluding hydrogens is 355 g/mol. The van der Waals surface area contributed by atoms with Crippen molar-refractivity contribution in [3.05, 3.63) is 47.3 Å². The van der Waals surface area contributed by atoms with Crippen LogP contribution in [0.5, 0.6) is 0 Å². The van der Waals surface area contributed by atoms with Gasteiger partial charge in [-0.15, -0.1) is 0 Å². The third kappa shape index (κ3) is 5.20. The van der Waals surface area contributed by atoms with Crippen molar-refractivity contribution in [2.24, 2.45) is 11.8 Å². The van der Waals surface area contributed by atoms with Crippen molar-refractivity contribution in [1.29, 1.82) is 10.5 Å². The molecule has 0 amide bonds. The Hall–Kier alpha value is -2.66. The number of hydrogen-bond acceptors (Lipinski definition) is 4. The number of ether oxygens (including phenoxy) is 1. The zero-order valence-electron chi connectivity index (χ0n) is 15.9. The molecule has 0 aromatic heterocycles. The molecule has 1 aromatic carbocycles. The molecule has 146 valence electrons. The number of allylic oxidation sites excluding steroid dienone is 2. The van der Waals surface area contributed by atoms with E-state index in [9.17, 15) is 9.18 Å². The molecule has 0 bridgehead atoms. The van der Waals surface area contributed by atoms with E-state index in [1.807, 2.05) is 24.3 Å². The number of nitrogens with zero attached hydrogens (tertiary/aromatic N) is 2. The molecule has 0 N–H and O–H groups in total. The van der Waals surface area contributed by atoms with Crippen LogP contribution in [0.25, 0.3) is 0 Å². The second-order valence-electron chi connectivity index (χ2n) is 7.88. The lowest BCUT2D eigenvalue weighted by atomic mass is 9.78. The molecule has 2 aliphatic carbocycles. The summed E-state index contributed by atoms with van der Waals surface area (Å²) >= 11 is 0. The van der Waals surface area contributed by atoms with Gasteiger partial charge in [0.25, 0.3) is 0 Å². The van der Waals surface area contributed by atoms with Crippen molar-refractivity contribution in [3.63, 3.8) is 0 Å². The minimum Gasteiger partial charge on any atom is -0.462 e. The summed E-state index contributed by atoms with van der Waals surface area (Å²) in [4.78, 5) is 12.5. The van der Waals surface area contributed by atoms with Gasteiger partial charge in [0.15, 0.2) is 5.83 Å². The highest BCUT2D eigenvalue weighted by Crippen LogP contribution is 2.37. The standard InChI is InChI=1S/C23H25FN2O2/c24-21(15-26)13-16-3-11-22(12-4-16)28-23(27)20-9-7-19(8-10-20)18-5-1-17(14-25)2-6-18/h1-2,5-6,13,16,19-20,22H,3-4,7-12H2. The summed E-state index contributed by atoms with van der Waals surface area (Å²) in [6.45, 7) is 0. The van der Waals surface area contributed by atoms with Crippen LogP contribution in [-0.2, 0) is 9.53 Å². The topological polar surface area (TPSA) is 73.9 Å². The van der Waals surface area contributed by atoms with Crippen molar-refractivity contribution in [2.75, 3.05) is 0 Å². The van der Waals surface area contributed by atoms with E-state index in [0.717, 1.165) is 51.4 Å². The van der Waals surface area contributed by atoms with E-state index in [4.69, 9.17) is 15.3 Å². The fourth-order valence-corrected chi connectivity index (χ4v) is 4.37. The van der Waals surface area contributed by atoms with Gasteiger partial charge in [0.1, 0.15) is 12.2 Å². The Kier molecular flexibility index (Phi) is 6.82. The van der Waals surface area contributed by atoms with Gasteiger partial charge in [-0.1, -0.05) is 12.1 Å². The summed E-state index contributed by atoms with van der Waals surface area (Å²) in [5.41, 5.74) is 1.91. The number of nitriles is 2. The molecule has 0 aliphatic heterocycles. The first-order valence-electron chi connectivity index (χ1n) is 10.1. The summed E-state index contributed by atoms with van der Waals surface area (Å²) in [7, 11) is 0. The van der Waals surface area contributed by atoms with Gasteiger partial charge in [0.05, 0.1) is 17.6 Å². The van der Waals surface area contributed by atoms with Crippen molar-refractivity contribution in [3.8, 4) is 12.1 Å². The first-order chi connectivity index (χ1) is 13.6. The summed E-state index contributed by atoms with van der Waals surface area (Å²) in [6.07, 6.45) is 7.83. The van der Waals surface area contributed by atoms with Crippen LogP contribution < -0.4 is 0 Å². The first kappa shape index (κ1) is 20.1. The normalized spacial score (nSPS) is 28.0. The summed E-state index contributed by atoms with van der Waals surface area (Å²) < 4.78 is 18.8. The van der Waals surface area contributed by atoms with Crippen molar-refractivity contribution in [1.82, 2.24) is 0 Å². The quantitative estimate of drug-likeness (QED) is 0.524. The molecule has 4 nitrogen and oxygen atoms in total. The lowest BCUT2D eigenvalue weighted by Gasteiger charge is -2.31. The summed E-state index contributed by atoms with van der Waals surface area (Å²) in [5.74, 6) is -0.352. The maximum absolute atomic E-state index is 13.1. The number of carbonyl (C=O) groups is 1. The number of rotatable bonds is 4. The van der Waals surface area contributed by atoms with E-state index in [-0.39, 0.29) is 23.9 Å². The van der Waals surface area contributed by atoms with Crippen LogP contribution in [0.15, 0.2) is 36.2 Å². The SMILES string of the molecule is N#CC(F)=CC1CCC(OC(=O)C2CCC(c3ccc(C#N)cc3)CC2)CC1. The van der Waals surface area contributed by atoms with Gasteiger partial charge in [-0.3, -0.25) is 4.79 Å². The van der Waals surface area contributed by atoms with E-state index < -0.39 is 5.83 Å². The summed E-state index contributed by atoms with van der Waals surface area (Å²) in [6, 6.07) is 11.4. The maximum atomic E-state index is 13.1. The first-order valence-corrected chi connectivity index (χ1v) is 10.1. The average Bonchev–Trinajstić information content (AvgIpc) is 2.75. The molecule has 0 unspecified atom stereocenters. The largest absolute Gasteiger partial charge is 0.462 e. The Morgan fingerprint density at radius 3 is 2.21 bits per heavy atom. The van der Waals surface area contributed by atoms with Crippen LogP contribution in [0.2, 0.25) is 0 Å². The van der Waals surface area contributed by atoms with E-state index in [1.54, 1.807) is 0 Å². The Balaban J connectivity index is 1.43. The van der Waals surface area contributed by atoms with Crippen LogP contribution >= 0.6 is 0 Å². The van der Waals surface area contributed by atoms with Crippen LogP contribution in [0.4, 0.5) is 4.39 Å². The third-order valence-corrected chi connectivity index (χ3v) is 6.06. The molecule has 2 aliphatic rings. The molecule has 2 saturated carbocycles. The van der Waals surface area contributed by atoms with Crippen molar-refractivity contribution in [2.45, 2.75) is 63.4 Å². The van der Waals surface area contributed by atoms with Crippen LogP contribution in [0, 0.1) is 34.5 Å². The Bertz CT molecular complexity index is 787. The van der Waals surface area contributed by atoms with Gasteiger partial charge in [-0.2, -0.15) is 14.9 Å². The number of hydrogen-bond donors (Lipinski definition) is 0. The predicted octanol–water partition coefficient (Wildman–Crippen LogP) is 5.31. The fourth-order valence-electron chi connectivity index (χ4n) is 4.37. The highest BCUT2D eigenvalue weighted by atomic mass is 19.1. The molecule has 0 radical (unpaired) electrons. The number of carbonyl (C=O) groups excluding carboxylic acids is 1. The van der Waals surface area contributed by atoms with Gasteiger partial charge < -0.3 is 4.74 Å². The second-order valence-corrected chi connectivity index (χ2v) is 7.88. The van der Waals surface area contributed by atoms with Gasteiger partial charge in [-0.05, 0) is 87.0 Å². The number of benzene rings is 1. The summed E-state index contributed by atoms with van der Waals surface area (Å²) in [5, 5.41) is 17.4. The molecule has 1 aromatic rings. The fraction of sp³-hybridized carbons (Fsp3) is 0.522. The van der Waals surface area contributed by atoms with Crippen molar-refractivity contribution < 1.29 is 13.9 Å². The molecule has 0 saturated heterocycles. The molecule has 5 heteroatoms. The van der Waals surface area contributed by atoms with Gasteiger partial charge in [-0.25, -0.2) is 0 Å². The van der Waals surface area contributed by atoms with E-state index >= 15 is 0 Å². The third-order valence-electron chi connectivity index (χ3n) is 6.06. The lowest BCUT2D eigenvalue weighted by molar-refractivity contribution is -0.157. The minimum atomic E-state index is -0.723. The molecule has 0 atom stereocenters. The van der Waals surface area contributed by atoms with Crippen molar-refractivity contribution >= 4 is 5.97 Å². The van der Waals surface area contributed by atoms with Crippen LogP contribution in [0.1, 0.15) is 68.4 Å². The highest BCUT2D eigenvalue weighted by molar-refractivity contribution is 5.72. The molecule has 28 heavy (non-hydrogen) atoms. The Labute approximate surface area is 165 Å². The molecule has 0 spiro atoms. The van der Waals surface area contributed by atoms with Crippen LogP contribution in [0.3, 0.4) is 0 Å². The number of esters is 1. The zero-order valence-corrected chi connectivity index (χ0v) is 15.9. The monoisotopic (exact) mass is 380 g/mol. The van der Waals surface area contributed by atoms with Gasteiger partial charge in [0, 0.05) is 0 Å².